The Kier molecular flexibility index (Phi) is 6.28. The lowest BCUT2D eigenvalue weighted by atomic mass is 9.92. The van der Waals surface area contributed by atoms with Crippen LogP contribution in [0.3, 0.4) is 0 Å². The molecule has 0 atom stereocenters. The maximum Gasteiger partial charge on any atom is 0.0620 e. The smallest absolute Gasteiger partial charge is 0.0620 e. The highest BCUT2D eigenvalue weighted by Gasteiger charge is 2.21. The molecule has 52 heavy (non-hydrogen) atoms. The molecular formula is C50H32N2. The van der Waals surface area contributed by atoms with Gasteiger partial charge < -0.3 is 9.47 Å². The molecule has 1 aromatic heterocycles. The van der Waals surface area contributed by atoms with Crippen molar-refractivity contribution < 1.29 is 0 Å². The lowest BCUT2D eigenvalue weighted by Crippen LogP contribution is -2.10. The minimum absolute atomic E-state index is 1.13. The second kappa shape index (κ2) is 11.3. The first-order chi connectivity index (χ1) is 25.8. The number of nitrogens with zero attached hydrogens (tertiary/aromatic N) is 2. The molecule has 0 aliphatic carbocycles. The number of anilines is 3. The van der Waals surface area contributed by atoms with Crippen molar-refractivity contribution >= 4 is 82.0 Å². The summed E-state index contributed by atoms with van der Waals surface area (Å²) in [4.78, 5) is 2.41. The third kappa shape index (κ3) is 4.31. The van der Waals surface area contributed by atoms with Gasteiger partial charge in [0.1, 0.15) is 0 Å². The Morgan fingerprint density at radius 3 is 1.81 bits per heavy atom. The molecule has 10 aromatic carbocycles. The third-order valence-corrected chi connectivity index (χ3v) is 10.8. The number of fused-ring (bicyclic) bond motifs is 5. The van der Waals surface area contributed by atoms with Crippen molar-refractivity contribution in [2.75, 3.05) is 4.90 Å². The molecule has 242 valence electrons. The van der Waals surface area contributed by atoms with Crippen LogP contribution in [0.1, 0.15) is 0 Å². The van der Waals surface area contributed by atoms with E-state index < -0.39 is 0 Å². The summed E-state index contributed by atoms with van der Waals surface area (Å²) >= 11 is 0. The van der Waals surface area contributed by atoms with Gasteiger partial charge in [-0.3, -0.25) is 0 Å². The second-order valence-electron chi connectivity index (χ2n) is 13.8. The van der Waals surface area contributed by atoms with Gasteiger partial charge in [-0.2, -0.15) is 0 Å². The Labute approximate surface area is 301 Å². The number of para-hydroxylation sites is 2. The Hall–Kier alpha value is -6.90. The van der Waals surface area contributed by atoms with Gasteiger partial charge in [0.15, 0.2) is 0 Å². The van der Waals surface area contributed by atoms with Gasteiger partial charge >= 0.3 is 0 Å². The van der Waals surface area contributed by atoms with Crippen molar-refractivity contribution in [1.82, 2.24) is 4.57 Å². The Balaban J connectivity index is 1.18. The summed E-state index contributed by atoms with van der Waals surface area (Å²) in [6, 6.07) is 71.0. The highest BCUT2D eigenvalue weighted by molar-refractivity contribution is 6.32. The first-order valence-electron chi connectivity index (χ1n) is 17.9. The average Bonchev–Trinajstić information content (AvgIpc) is 3.55. The Morgan fingerprint density at radius 1 is 0.346 bits per heavy atom. The molecule has 0 aliphatic rings. The fraction of sp³-hybridized carbons (Fsp3) is 0. The summed E-state index contributed by atoms with van der Waals surface area (Å²) in [5.74, 6) is 0. The summed E-state index contributed by atoms with van der Waals surface area (Å²) in [5, 5.41) is 12.6. The van der Waals surface area contributed by atoms with Gasteiger partial charge in [0, 0.05) is 38.6 Å². The molecule has 0 aliphatic heterocycles. The van der Waals surface area contributed by atoms with E-state index >= 15 is 0 Å². The summed E-state index contributed by atoms with van der Waals surface area (Å²) in [5.41, 5.74) is 9.51. The molecule has 0 saturated carbocycles. The van der Waals surface area contributed by atoms with Crippen LogP contribution in [0.15, 0.2) is 194 Å². The molecule has 0 radical (unpaired) electrons. The summed E-state index contributed by atoms with van der Waals surface area (Å²) in [6.07, 6.45) is 0. The van der Waals surface area contributed by atoms with E-state index in [1.165, 1.54) is 87.4 Å². The molecule has 0 N–H and O–H groups in total. The van der Waals surface area contributed by atoms with E-state index in [0.717, 1.165) is 11.4 Å². The van der Waals surface area contributed by atoms with Crippen LogP contribution >= 0.6 is 0 Å². The zero-order chi connectivity index (χ0) is 34.2. The number of aromatic nitrogens is 1. The van der Waals surface area contributed by atoms with Crippen molar-refractivity contribution in [2.24, 2.45) is 0 Å². The summed E-state index contributed by atoms with van der Waals surface area (Å²) in [7, 11) is 0. The van der Waals surface area contributed by atoms with Gasteiger partial charge in [0.2, 0.25) is 0 Å². The van der Waals surface area contributed by atoms with E-state index in [1.807, 2.05) is 0 Å². The Bertz CT molecular complexity index is 3100. The summed E-state index contributed by atoms with van der Waals surface area (Å²) < 4.78 is 2.48. The van der Waals surface area contributed by atoms with Gasteiger partial charge in [0.05, 0.1) is 16.7 Å². The van der Waals surface area contributed by atoms with Crippen LogP contribution in [0.25, 0.3) is 81.7 Å². The fourth-order valence-corrected chi connectivity index (χ4v) is 8.59. The molecule has 1 heterocycles. The van der Waals surface area contributed by atoms with Gasteiger partial charge in [-0.15, -0.1) is 0 Å². The van der Waals surface area contributed by atoms with Crippen molar-refractivity contribution in [2.45, 2.75) is 0 Å². The van der Waals surface area contributed by atoms with E-state index in [-0.39, 0.29) is 0 Å². The quantitative estimate of drug-likeness (QED) is 0.167. The number of hydrogen-bond acceptors (Lipinski definition) is 1. The third-order valence-electron chi connectivity index (χ3n) is 10.8. The molecule has 0 amide bonds. The monoisotopic (exact) mass is 660 g/mol. The predicted molar refractivity (Wildman–Crippen MR) is 222 cm³/mol. The molecule has 0 saturated heterocycles. The minimum Gasteiger partial charge on any atom is -0.310 e. The maximum atomic E-state index is 2.48. The van der Waals surface area contributed by atoms with Crippen LogP contribution < -0.4 is 4.90 Å². The number of benzene rings is 10. The van der Waals surface area contributed by atoms with Gasteiger partial charge in [-0.05, 0) is 98.0 Å². The molecule has 0 fully saturated rings. The first kappa shape index (κ1) is 28.9. The minimum atomic E-state index is 1.13. The molecule has 0 bridgehead atoms. The zero-order valence-corrected chi connectivity index (χ0v) is 28.4. The van der Waals surface area contributed by atoms with Crippen molar-refractivity contribution in [1.29, 1.82) is 0 Å². The lowest BCUT2D eigenvalue weighted by Gasteiger charge is -2.28. The van der Waals surface area contributed by atoms with Gasteiger partial charge in [0.25, 0.3) is 0 Å². The van der Waals surface area contributed by atoms with Crippen LogP contribution in [0.4, 0.5) is 17.1 Å². The molecule has 2 heteroatoms. The highest BCUT2D eigenvalue weighted by atomic mass is 15.1. The molecule has 0 spiro atoms. The van der Waals surface area contributed by atoms with Crippen LogP contribution in [0.5, 0.6) is 0 Å². The van der Waals surface area contributed by atoms with Crippen molar-refractivity contribution in [3.8, 4) is 16.8 Å². The normalized spacial score (nSPS) is 11.8. The highest BCUT2D eigenvalue weighted by Crippen LogP contribution is 2.46. The Morgan fingerprint density at radius 2 is 0.981 bits per heavy atom. The lowest BCUT2D eigenvalue weighted by molar-refractivity contribution is 1.19. The van der Waals surface area contributed by atoms with Crippen molar-refractivity contribution in [3.05, 3.63) is 194 Å². The number of rotatable bonds is 5. The summed E-state index contributed by atoms with van der Waals surface area (Å²) in [6.45, 7) is 0. The van der Waals surface area contributed by atoms with Crippen LogP contribution in [0, 0.1) is 0 Å². The number of hydrogen-bond donors (Lipinski definition) is 0. The fourth-order valence-electron chi connectivity index (χ4n) is 8.59. The second-order valence-corrected chi connectivity index (χ2v) is 13.8. The van der Waals surface area contributed by atoms with Gasteiger partial charge in [-0.1, -0.05) is 140 Å². The van der Waals surface area contributed by atoms with E-state index in [9.17, 15) is 0 Å². The van der Waals surface area contributed by atoms with Crippen molar-refractivity contribution in [3.63, 3.8) is 0 Å². The van der Waals surface area contributed by atoms with E-state index in [0.29, 0.717) is 0 Å². The average molecular weight is 661 g/mol. The predicted octanol–water partition coefficient (Wildman–Crippen LogP) is 14.0. The standard InChI is InChI=1S/C50H32N2/c1-3-13-33(14-4-1)35-17-11-20-40(29-35)52-47-23-10-9-22-43(47)45-32-38-26-25-36-30-41(31-37-27-28-44(50(45)52)49(38)48(36)37)51(39-18-5-2-6-19-39)46-24-12-16-34-15-7-8-21-42(34)46/h1-32H. The topological polar surface area (TPSA) is 8.17 Å². The largest absolute Gasteiger partial charge is 0.310 e. The molecule has 2 nitrogen and oxygen atoms in total. The molecular weight excluding hydrogens is 629 g/mol. The van der Waals surface area contributed by atoms with Gasteiger partial charge in [-0.25, -0.2) is 0 Å². The van der Waals surface area contributed by atoms with Crippen LogP contribution in [-0.4, -0.2) is 4.57 Å². The molecule has 11 rings (SSSR count). The van der Waals surface area contributed by atoms with E-state index in [4.69, 9.17) is 0 Å². The SMILES string of the molecule is c1ccc(-c2cccc(-n3c4ccccc4c4cc5ccc6cc(N(c7ccccc7)c7cccc8ccccc78)cc7ccc(c5c67)c43)c2)cc1. The molecule has 11 aromatic rings. The van der Waals surface area contributed by atoms with Crippen LogP contribution in [0.2, 0.25) is 0 Å². The molecule has 0 unspecified atom stereocenters. The maximum absolute atomic E-state index is 2.48. The van der Waals surface area contributed by atoms with Crippen LogP contribution in [-0.2, 0) is 0 Å². The zero-order valence-electron chi connectivity index (χ0n) is 28.4. The van der Waals surface area contributed by atoms with E-state index in [1.54, 1.807) is 0 Å². The van der Waals surface area contributed by atoms with E-state index in [2.05, 4.69) is 204 Å². The first-order valence-corrected chi connectivity index (χ1v) is 17.9.